The van der Waals surface area contributed by atoms with Gasteiger partial charge in [-0.15, -0.1) is 0 Å². The first-order valence-electron chi connectivity index (χ1n) is 30.5. The van der Waals surface area contributed by atoms with Gasteiger partial charge in [-0.25, -0.2) is 19.4 Å². The van der Waals surface area contributed by atoms with Crippen molar-refractivity contribution in [1.82, 2.24) is 35.1 Å². The first kappa shape index (κ1) is 81.5. The topological polar surface area (TPSA) is 314 Å². The molecule has 23 heteroatoms. The zero-order valence-corrected chi connectivity index (χ0v) is 57.8. The molecule has 504 valence electrons. The van der Waals surface area contributed by atoms with Gasteiger partial charge in [0.1, 0.15) is 4.60 Å². The third-order valence-corrected chi connectivity index (χ3v) is 15.2. The Balaban J connectivity index is 0.000000260. The van der Waals surface area contributed by atoms with Crippen LogP contribution in [0.2, 0.25) is 0 Å². The van der Waals surface area contributed by atoms with Crippen molar-refractivity contribution in [2.75, 3.05) is 53.5 Å². The van der Waals surface area contributed by atoms with Gasteiger partial charge in [-0.2, -0.15) is 0 Å². The fraction of sp³-hybridized carbons (Fsp3) is 0.200. The Hall–Kier alpha value is -8.98. The summed E-state index contributed by atoms with van der Waals surface area (Å²) in [5, 5.41) is 49.2. The number of carboxylic acids is 1. The summed E-state index contributed by atoms with van der Waals surface area (Å²) < 4.78 is 10.0. The monoisotopic (exact) mass is 1400 g/mol. The number of amides is 1. The van der Waals surface area contributed by atoms with E-state index in [-0.39, 0.29) is 71.9 Å². The van der Waals surface area contributed by atoms with E-state index < -0.39 is 31.3 Å². The number of rotatable bonds is 15. The Morgan fingerprint density at radius 1 is 0.520 bits per heavy atom. The molecule has 1 amide bonds. The molecule has 2 aliphatic rings. The van der Waals surface area contributed by atoms with E-state index in [0.717, 1.165) is 77.4 Å². The molecule has 6 heterocycles. The molecule has 0 spiro atoms. The minimum absolute atomic E-state index is 0. The SMILES string of the molecule is Brc1ccccn1.C.COC(=O)c1cccc(-c2ccccn2)c1.COC(=O)c1cccc(B(O)O)c1.NCC(O)CN1CCc2ccccc2C1.O=C(NCC(O)CN1CCc2ccccc2C1)c1cccc(-c2ccccn2)c1.O=C(O)c1cccc(-c2ccccn2)c1.[Na+].[OH-]. The van der Waals surface area contributed by atoms with Crippen LogP contribution in [0, 0.1) is 0 Å². The number of pyridine rings is 4. The van der Waals surface area contributed by atoms with Crippen molar-refractivity contribution in [3.8, 4) is 33.8 Å². The molecular weight excluding hydrogens is 1320 g/mol. The van der Waals surface area contributed by atoms with Crippen LogP contribution in [-0.2, 0) is 35.4 Å². The molecule has 4 aromatic heterocycles. The van der Waals surface area contributed by atoms with Gasteiger partial charge < -0.3 is 51.4 Å². The summed E-state index contributed by atoms with van der Waals surface area (Å²) in [5.74, 6) is -1.95. The Morgan fingerprint density at radius 3 is 1.31 bits per heavy atom. The summed E-state index contributed by atoms with van der Waals surface area (Å²) in [6.45, 7) is 5.53. The van der Waals surface area contributed by atoms with Crippen LogP contribution in [0.15, 0.2) is 248 Å². The summed E-state index contributed by atoms with van der Waals surface area (Å²) in [4.78, 5) is 66.8. The molecule has 2 aliphatic heterocycles. The first-order chi connectivity index (χ1) is 46.1. The molecule has 98 heavy (non-hydrogen) atoms. The molecule has 9 N–H and O–H groups in total. The number of benzene rings is 6. The molecule has 10 aromatic rings. The maximum absolute atomic E-state index is 12.5. The minimum atomic E-state index is -1.57. The number of nitrogens with zero attached hydrogens (tertiary/aromatic N) is 6. The van der Waals surface area contributed by atoms with E-state index in [2.05, 4.69) is 109 Å². The molecule has 12 rings (SSSR count). The Labute approximate surface area is 603 Å². The summed E-state index contributed by atoms with van der Waals surface area (Å²) in [7, 11) is 1.07. The van der Waals surface area contributed by atoms with Gasteiger partial charge >= 0.3 is 54.6 Å². The van der Waals surface area contributed by atoms with E-state index in [1.54, 1.807) is 67.3 Å². The predicted octanol–water partition coefficient (Wildman–Crippen LogP) is 6.70. The minimum Gasteiger partial charge on any atom is -0.870 e. The summed E-state index contributed by atoms with van der Waals surface area (Å²) in [5.41, 5.74) is 17.9. The quantitative estimate of drug-likeness (QED) is 0.0319. The number of aromatic carboxylic acids is 1. The van der Waals surface area contributed by atoms with Crippen molar-refractivity contribution in [3.63, 3.8) is 0 Å². The summed E-state index contributed by atoms with van der Waals surface area (Å²) >= 11 is 3.20. The van der Waals surface area contributed by atoms with Crippen molar-refractivity contribution in [1.29, 1.82) is 0 Å². The van der Waals surface area contributed by atoms with Gasteiger partial charge in [0.2, 0.25) is 0 Å². The summed E-state index contributed by atoms with van der Waals surface area (Å²) in [6.07, 6.45) is 7.95. The number of nitrogens with two attached hydrogens (primary N) is 1. The zero-order chi connectivity index (χ0) is 67.7. The predicted molar refractivity (Wildman–Crippen MR) is 380 cm³/mol. The molecule has 20 nitrogen and oxygen atoms in total. The number of fused-ring (bicyclic) bond motifs is 2. The Bertz CT molecular complexity index is 4010. The van der Waals surface area contributed by atoms with Crippen molar-refractivity contribution in [2.24, 2.45) is 5.73 Å². The number of nitrogens with one attached hydrogen (secondary N) is 1. The number of methoxy groups -OCH3 is 2. The van der Waals surface area contributed by atoms with E-state index in [1.807, 2.05) is 109 Å². The van der Waals surface area contributed by atoms with Crippen LogP contribution in [0.1, 0.15) is 71.1 Å². The number of aromatic nitrogens is 4. The number of hydrogen-bond donors (Lipinski definition) is 7. The second-order valence-corrected chi connectivity index (χ2v) is 22.4. The van der Waals surface area contributed by atoms with E-state index in [9.17, 15) is 29.4 Å². The van der Waals surface area contributed by atoms with E-state index in [4.69, 9.17) is 20.9 Å². The van der Waals surface area contributed by atoms with Crippen LogP contribution in [0.4, 0.5) is 0 Å². The van der Waals surface area contributed by atoms with Crippen LogP contribution in [0.5, 0.6) is 0 Å². The van der Waals surface area contributed by atoms with E-state index >= 15 is 0 Å². The van der Waals surface area contributed by atoms with Crippen LogP contribution in [0.3, 0.4) is 0 Å². The third kappa shape index (κ3) is 27.1. The maximum atomic E-state index is 12.5. The molecule has 0 saturated carbocycles. The second kappa shape index (κ2) is 44.0. The number of hydrogen-bond acceptors (Lipinski definition) is 18. The largest absolute Gasteiger partial charge is 1.00 e. The Morgan fingerprint density at radius 2 is 0.908 bits per heavy atom. The van der Waals surface area contributed by atoms with Crippen LogP contribution >= 0.6 is 15.9 Å². The molecule has 0 bridgehead atoms. The first-order valence-corrected chi connectivity index (χ1v) is 31.3. The summed E-state index contributed by atoms with van der Waals surface area (Å²) in [6, 6.07) is 66.9. The second-order valence-electron chi connectivity index (χ2n) is 21.6. The number of esters is 2. The van der Waals surface area contributed by atoms with Gasteiger partial charge in [0.25, 0.3) is 5.91 Å². The molecule has 2 unspecified atom stereocenters. The maximum Gasteiger partial charge on any atom is 1.00 e. The fourth-order valence-corrected chi connectivity index (χ4v) is 10.2. The van der Waals surface area contributed by atoms with Crippen molar-refractivity contribution >= 4 is 52.3 Å². The average molecular weight is 1400 g/mol. The fourth-order valence-electron chi connectivity index (χ4n) is 9.91. The van der Waals surface area contributed by atoms with Gasteiger partial charge in [0, 0.05) is 99.4 Å². The van der Waals surface area contributed by atoms with Gasteiger partial charge in [-0.05, 0) is 154 Å². The molecule has 2 atom stereocenters. The van der Waals surface area contributed by atoms with Crippen LogP contribution < -0.4 is 46.1 Å². The van der Waals surface area contributed by atoms with Crippen molar-refractivity contribution < 1.29 is 89.1 Å². The van der Waals surface area contributed by atoms with Crippen molar-refractivity contribution in [3.05, 3.63) is 292 Å². The number of carbonyl (C=O) groups is 4. The Kier molecular flexibility index (Phi) is 36.6. The van der Waals surface area contributed by atoms with Gasteiger partial charge in [-0.3, -0.25) is 29.5 Å². The average Bonchev–Trinajstić information content (AvgIpc) is 1.06. The van der Waals surface area contributed by atoms with Gasteiger partial charge in [-0.1, -0.05) is 129 Å². The number of halogens is 1. The number of carboxylic acid groups (broad SMARTS) is 1. The molecule has 6 aromatic carbocycles. The normalized spacial score (nSPS) is 12.2. The standard InChI is InChI=1S/C24H25N3O2.C13H11NO2.C12H18N2O.C12H9NO2.C8H9BO4.C5H4BrN.CH4.Na.H2O/c28-22(17-27-13-11-18-6-1-2-7-21(18)16-27)15-26-24(29)20-9-5-8-19(14-20)23-10-3-4-12-25-23;1-16-13(15)11-6-4-5-10(9-11)12-7-2-3-8-14-12;13-7-12(15)9-14-6-5-10-3-1-2-4-11(10)8-14;14-12(15)10-5-3-4-9(8-10)11-6-1-2-7-13-11;1-13-8(10)6-3-2-4-7(5-6)9(11)12;6-5-3-1-2-4-7-5;;;/h1-10,12,14,22,28H,11,13,15-17H2,(H,26,29);2-9H,1H3;1-4,12,15H,5-9,13H2;1-8H,(H,14,15);2-5,11-12H,1H3;1-4H;1H4;;1H2/q;;;;;;;+1;/p-1. The molecule has 0 fully saturated rings. The van der Waals surface area contributed by atoms with Crippen molar-refractivity contribution in [2.45, 2.75) is 45.6 Å². The number of aliphatic hydroxyl groups excluding tert-OH is 2. The van der Waals surface area contributed by atoms with Gasteiger partial charge in [0.15, 0.2) is 0 Å². The van der Waals surface area contributed by atoms with Crippen LogP contribution in [-0.4, -0.2) is 157 Å². The molecule has 0 aliphatic carbocycles. The number of aliphatic hydroxyl groups is 2. The smallest absolute Gasteiger partial charge is 0.870 e. The molecular formula is C75H81BBrN8NaO12. The molecule has 0 saturated heterocycles. The van der Waals surface area contributed by atoms with Gasteiger partial charge in [0.05, 0.1) is 60.2 Å². The van der Waals surface area contributed by atoms with Crippen LogP contribution in [0.25, 0.3) is 33.8 Å². The molecule has 0 radical (unpaired) electrons. The zero-order valence-electron chi connectivity index (χ0n) is 54.2. The van der Waals surface area contributed by atoms with E-state index in [1.165, 1.54) is 54.7 Å². The number of ether oxygens (including phenoxy) is 2. The third-order valence-electron chi connectivity index (χ3n) is 14.8. The number of β-amino-alcohol motifs (C(OH)–C–C–N with tert-alkyl or cyclic N) is 2. The van der Waals surface area contributed by atoms with E-state index in [0.29, 0.717) is 36.3 Å². The number of carbonyl (C=O) groups excluding carboxylic acids is 3.